The Balaban J connectivity index is 1.80. The molecule has 110 valence electrons. The van der Waals surface area contributed by atoms with Crippen LogP contribution in [-0.2, 0) is 4.74 Å². The van der Waals surface area contributed by atoms with Crippen molar-refractivity contribution in [2.24, 2.45) is 0 Å². The monoisotopic (exact) mass is 340 g/mol. The standard InChI is InChI=1S/C15H21BrN2O2/c1-12(11-18-9-7-17(2)8-10-18)20-15(19)13-3-5-14(16)6-4-13/h3-6,12H,7-11H2,1-2H3/t12-/m1/s1. The van der Waals surface area contributed by atoms with E-state index in [0.29, 0.717) is 5.56 Å². The van der Waals surface area contributed by atoms with Crippen LogP contribution in [-0.4, -0.2) is 61.6 Å². The first kappa shape index (κ1) is 15.5. The third-order valence-electron chi connectivity index (χ3n) is 3.50. The van der Waals surface area contributed by atoms with E-state index in [9.17, 15) is 4.79 Å². The molecule has 0 aliphatic carbocycles. The van der Waals surface area contributed by atoms with Crippen molar-refractivity contribution in [1.29, 1.82) is 0 Å². The van der Waals surface area contributed by atoms with Gasteiger partial charge >= 0.3 is 5.97 Å². The first-order valence-electron chi connectivity index (χ1n) is 6.92. The van der Waals surface area contributed by atoms with Gasteiger partial charge in [0.1, 0.15) is 6.10 Å². The summed E-state index contributed by atoms with van der Waals surface area (Å²) in [7, 11) is 2.13. The molecule has 0 bridgehead atoms. The molecule has 0 aromatic heterocycles. The van der Waals surface area contributed by atoms with Crippen LogP contribution in [0.5, 0.6) is 0 Å². The van der Waals surface area contributed by atoms with E-state index < -0.39 is 0 Å². The number of hydrogen-bond donors (Lipinski definition) is 0. The van der Waals surface area contributed by atoms with E-state index in [4.69, 9.17) is 4.74 Å². The van der Waals surface area contributed by atoms with Crippen molar-refractivity contribution in [3.63, 3.8) is 0 Å². The predicted molar refractivity (Wildman–Crippen MR) is 83.0 cm³/mol. The minimum atomic E-state index is -0.251. The molecule has 0 saturated carbocycles. The number of esters is 1. The summed E-state index contributed by atoms with van der Waals surface area (Å²) < 4.78 is 6.45. The number of nitrogens with zero attached hydrogens (tertiary/aromatic N) is 2. The molecule has 0 N–H and O–H groups in total. The molecule has 1 aromatic rings. The number of halogens is 1. The predicted octanol–water partition coefficient (Wildman–Crippen LogP) is 2.24. The topological polar surface area (TPSA) is 32.8 Å². The van der Waals surface area contributed by atoms with Crippen LogP contribution in [0.3, 0.4) is 0 Å². The van der Waals surface area contributed by atoms with Gasteiger partial charge < -0.3 is 9.64 Å². The summed E-state index contributed by atoms with van der Waals surface area (Å²) >= 11 is 3.35. The van der Waals surface area contributed by atoms with Gasteiger partial charge in [0, 0.05) is 37.2 Å². The van der Waals surface area contributed by atoms with Gasteiger partial charge in [-0.1, -0.05) is 15.9 Å². The molecule has 0 spiro atoms. The largest absolute Gasteiger partial charge is 0.458 e. The molecule has 0 unspecified atom stereocenters. The number of carbonyl (C=O) groups excluding carboxylic acids is 1. The summed E-state index contributed by atoms with van der Waals surface area (Å²) in [5, 5.41) is 0. The van der Waals surface area contributed by atoms with Gasteiger partial charge in [0.2, 0.25) is 0 Å². The van der Waals surface area contributed by atoms with Crippen LogP contribution in [0.1, 0.15) is 17.3 Å². The van der Waals surface area contributed by atoms with Crippen LogP contribution in [0, 0.1) is 0 Å². The van der Waals surface area contributed by atoms with Crippen LogP contribution >= 0.6 is 15.9 Å². The fraction of sp³-hybridized carbons (Fsp3) is 0.533. The summed E-state index contributed by atoms with van der Waals surface area (Å²) in [6.07, 6.45) is -0.0884. The molecule has 1 aliphatic rings. The molecule has 20 heavy (non-hydrogen) atoms. The van der Waals surface area contributed by atoms with Crippen molar-refractivity contribution in [3.05, 3.63) is 34.3 Å². The second-order valence-electron chi connectivity index (χ2n) is 5.33. The van der Waals surface area contributed by atoms with Gasteiger partial charge in [0.25, 0.3) is 0 Å². The van der Waals surface area contributed by atoms with Crippen molar-refractivity contribution < 1.29 is 9.53 Å². The van der Waals surface area contributed by atoms with E-state index in [1.54, 1.807) is 12.1 Å². The molecule has 2 rings (SSSR count). The van der Waals surface area contributed by atoms with Crippen molar-refractivity contribution in [2.75, 3.05) is 39.8 Å². The molecule has 1 heterocycles. The summed E-state index contributed by atoms with van der Waals surface area (Å²) in [6, 6.07) is 7.24. The average Bonchev–Trinajstić information content (AvgIpc) is 2.42. The molecule has 0 radical (unpaired) electrons. The maximum atomic E-state index is 12.0. The van der Waals surface area contributed by atoms with Crippen molar-refractivity contribution >= 4 is 21.9 Å². The highest BCUT2D eigenvalue weighted by Gasteiger charge is 2.18. The summed E-state index contributed by atoms with van der Waals surface area (Å²) in [5.74, 6) is -0.251. The Morgan fingerprint density at radius 3 is 2.45 bits per heavy atom. The number of likely N-dealkylation sites (N-methyl/N-ethyl adjacent to an activating group) is 1. The zero-order chi connectivity index (χ0) is 14.5. The molecule has 1 aromatic carbocycles. The van der Waals surface area contributed by atoms with Gasteiger partial charge in [0.15, 0.2) is 0 Å². The highest BCUT2D eigenvalue weighted by Crippen LogP contribution is 2.12. The fourth-order valence-corrected chi connectivity index (χ4v) is 2.53. The zero-order valence-corrected chi connectivity index (χ0v) is 13.6. The van der Waals surface area contributed by atoms with Crippen LogP contribution in [0.2, 0.25) is 0 Å². The van der Waals surface area contributed by atoms with Gasteiger partial charge in [-0.05, 0) is 38.2 Å². The number of piperazine rings is 1. The maximum absolute atomic E-state index is 12.0. The Hall–Kier alpha value is -0.910. The molecular weight excluding hydrogens is 320 g/mol. The Labute approximate surface area is 128 Å². The Bertz CT molecular complexity index is 442. The quantitative estimate of drug-likeness (QED) is 0.787. The normalized spacial score (nSPS) is 18.8. The van der Waals surface area contributed by atoms with Crippen molar-refractivity contribution in [1.82, 2.24) is 9.80 Å². The lowest BCUT2D eigenvalue weighted by Gasteiger charge is -2.33. The SMILES string of the molecule is C[C@H](CN1CCN(C)CC1)OC(=O)c1ccc(Br)cc1. The molecule has 1 fully saturated rings. The zero-order valence-electron chi connectivity index (χ0n) is 12.0. The highest BCUT2D eigenvalue weighted by atomic mass is 79.9. The molecule has 5 heteroatoms. The minimum Gasteiger partial charge on any atom is -0.458 e. The second kappa shape index (κ2) is 7.20. The van der Waals surface area contributed by atoms with Crippen LogP contribution < -0.4 is 0 Å². The van der Waals surface area contributed by atoms with E-state index in [0.717, 1.165) is 37.2 Å². The highest BCUT2D eigenvalue weighted by molar-refractivity contribution is 9.10. The van der Waals surface area contributed by atoms with Crippen LogP contribution in [0.4, 0.5) is 0 Å². The van der Waals surface area contributed by atoms with Crippen molar-refractivity contribution in [3.8, 4) is 0 Å². The lowest BCUT2D eigenvalue weighted by Crippen LogP contribution is -2.47. The first-order valence-corrected chi connectivity index (χ1v) is 7.71. The van der Waals surface area contributed by atoms with E-state index >= 15 is 0 Å². The molecular formula is C15H21BrN2O2. The van der Waals surface area contributed by atoms with Gasteiger partial charge in [-0.3, -0.25) is 4.90 Å². The average molecular weight is 341 g/mol. The number of carbonyl (C=O) groups is 1. The lowest BCUT2D eigenvalue weighted by molar-refractivity contribution is 0.0207. The summed E-state index contributed by atoms with van der Waals surface area (Å²) in [4.78, 5) is 16.7. The molecule has 1 atom stereocenters. The van der Waals surface area contributed by atoms with Gasteiger partial charge in [0.05, 0.1) is 5.56 Å². The molecule has 0 amide bonds. The number of ether oxygens (including phenoxy) is 1. The third kappa shape index (κ3) is 4.58. The Morgan fingerprint density at radius 2 is 1.85 bits per heavy atom. The van der Waals surface area contributed by atoms with Gasteiger partial charge in [-0.25, -0.2) is 4.79 Å². The third-order valence-corrected chi connectivity index (χ3v) is 4.03. The van der Waals surface area contributed by atoms with Crippen LogP contribution in [0.15, 0.2) is 28.7 Å². The molecule has 4 nitrogen and oxygen atoms in total. The number of rotatable bonds is 4. The Kier molecular flexibility index (Phi) is 5.57. The van der Waals surface area contributed by atoms with E-state index in [1.165, 1.54) is 0 Å². The van der Waals surface area contributed by atoms with E-state index in [-0.39, 0.29) is 12.1 Å². The fourth-order valence-electron chi connectivity index (χ4n) is 2.27. The summed E-state index contributed by atoms with van der Waals surface area (Å²) in [5.41, 5.74) is 0.596. The molecule has 1 saturated heterocycles. The van der Waals surface area contributed by atoms with E-state index in [2.05, 4.69) is 32.8 Å². The van der Waals surface area contributed by atoms with Crippen LogP contribution in [0.25, 0.3) is 0 Å². The van der Waals surface area contributed by atoms with E-state index in [1.807, 2.05) is 19.1 Å². The maximum Gasteiger partial charge on any atom is 0.338 e. The smallest absolute Gasteiger partial charge is 0.338 e. The first-order chi connectivity index (χ1) is 9.54. The summed E-state index contributed by atoms with van der Waals surface area (Å²) in [6.45, 7) is 6.99. The Morgan fingerprint density at radius 1 is 1.25 bits per heavy atom. The number of benzene rings is 1. The van der Waals surface area contributed by atoms with Crippen molar-refractivity contribution in [2.45, 2.75) is 13.0 Å². The minimum absolute atomic E-state index is 0.0884. The second-order valence-corrected chi connectivity index (χ2v) is 6.24. The lowest BCUT2D eigenvalue weighted by atomic mass is 10.2. The van der Waals surface area contributed by atoms with Gasteiger partial charge in [-0.15, -0.1) is 0 Å². The number of hydrogen-bond acceptors (Lipinski definition) is 4. The van der Waals surface area contributed by atoms with Gasteiger partial charge in [-0.2, -0.15) is 0 Å². The molecule has 1 aliphatic heterocycles.